The Morgan fingerprint density at radius 1 is 1.32 bits per heavy atom. The van der Waals surface area contributed by atoms with E-state index in [9.17, 15) is 14.4 Å². The van der Waals surface area contributed by atoms with Gasteiger partial charge in [-0.15, -0.1) is 0 Å². The van der Waals surface area contributed by atoms with E-state index < -0.39 is 11.2 Å². The van der Waals surface area contributed by atoms with Gasteiger partial charge in [0.05, 0.1) is 5.92 Å². The smallest absolute Gasteiger partial charge is 0.330 e. The summed E-state index contributed by atoms with van der Waals surface area (Å²) in [5, 5.41) is 0. The fourth-order valence-corrected chi connectivity index (χ4v) is 3.09. The average molecular weight is 348 g/mol. The maximum atomic E-state index is 12.3. The van der Waals surface area contributed by atoms with E-state index in [1.54, 1.807) is 4.57 Å². The molecule has 8 nitrogen and oxygen atoms in total. The Kier molecular flexibility index (Phi) is 4.78. The molecule has 0 saturated heterocycles. The molecule has 1 fully saturated rings. The molecular weight excluding hydrogens is 324 g/mol. The summed E-state index contributed by atoms with van der Waals surface area (Å²) >= 11 is 0. The van der Waals surface area contributed by atoms with Gasteiger partial charge in [0.2, 0.25) is 0 Å². The van der Waals surface area contributed by atoms with Gasteiger partial charge in [-0.25, -0.2) is 9.78 Å². The number of ether oxygens (including phenoxy) is 1. The van der Waals surface area contributed by atoms with Crippen LogP contribution in [0.4, 0.5) is 0 Å². The topological polar surface area (TPSA) is 99.0 Å². The van der Waals surface area contributed by atoms with Crippen molar-refractivity contribution in [3.63, 3.8) is 0 Å². The molecule has 1 aliphatic rings. The van der Waals surface area contributed by atoms with Crippen molar-refractivity contribution in [2.45, 2.75) is 59.7 Å². The first kappa shape index (κ1) is 17.4. The second-order valence-electron chi connectivity index (χ2n) is 6.64. The Balaban J connectivity index is 1.98. The number of imidazole rings is 1. The highest BCUT2D eigenvalue weighted by Gasteiger charge is 2.40. The van der Waals surface area contributed by atoms with Crippen molar-refractivity contribution in [2.75, 3.05) is 0 Å². The van der Waals surface area contributed by atoms with Crippen LogP contribution in [-0.4, -0.2) is 25.1 Å². The Morgan fingerprint density at radius 2 is 2.04 bits per heavy atom. The second-order valence-corrected chi connectivity index (χ2v) is 6.64. The number of rotatable bonds is 7. The van der Waals surface area contributed by atoms with Crippen LogP contribution in [0, 0.1) is 11.8 Å². The van der Waals surface area contributed by atoms with E-state index in [-0.39, 0.29) is 18.5 Å². The molecule has 3 rings (SSSR count). The Bertz CT molecular complexity index is 908. The van der Waals surface area contributed by atoms with Crippen LogP contribution in [0.3, 0.4) is 0 Å². The van der Waals surface area contributed by atoms with Crippen LogP contribution in [-0.2, 0) is 29.2 Å². The number of carbonyl (C=O) groups is 1. The summed E-state index contributed by atoms with van der Waals surface area (Å²) < 4.78 is 8.56. The third-order valence-electron chi connectivity index (χ3n) is 4.77. The fraction of sp³-hybridized carbons (Fsp3) is 0.647. The van der Waals surface area contributed by atoms with Crippen LogP contribution in [0.25, 0.3) is 11.2 Å². The molecule has 0 bridgehead atoms. The molecule has 1 aliphatic carbocycles. The zero-order valence-corrected chi connectivity index (χ0v) is 14.9. The SMILES string of the molecule is CCCCn1c(=O)[nH]c(=O)c2c1nc(COC(=O)[C@@H]1C[C@@H]1C)n2CC. The van der Waals surface area contributed by atoms with Crippen molar-refractivity contribution in [3.05, 3.63) is 26.7 Å². The number of fused-ring (bicyclic) bond motifs is 1. The quantitative estimate of drug-likeness (QED) is 0.763. The highest BCUT2D eigenvalue weighted by atomic mass is 16.5. The van der Waals surface area contributed by atoms with Crippen molar-refractivity contribution in [3.8, 4) is 0 Å². The van der Waals surface area contributed by atoms with Crippen molar-refractivity contribution < 1.29 is 9.53 Å². The van der Waals surface area contributed by atoms with Gasteiger partial charge in [-0.3, -0.25) is 19.1 Å². The summed E-state index contributed by atoms with van der Waals surface area (Å²) in [5.74, 6) is 0.616. The number of hydrogen-bond donors (Lipinski definition) is 1. The molecule has 1 saturated carbocycles. The number of aromatic amines is 1. The van der Waals surface area contributed by atoms with Crippen molar-refractivity contribution >= 4 is 17.1 Å². The van der Waals surface area contributed by atoms with E-state index in [0.717, 1.165) is 19.3 Å². The first-order valence-corrected chi connectivity index (χ1v) is 8.86. The van der Waals surface area contributed by atoms with Crippen LogP contribution < -0.4 is 11.2 Å². The highest BCUT2D eigenvalue weighted by molar-refractivity contribution is 5.75. The minimum Gasteiger partial charge on any atom is -0.457 e. The third-order valence-corrected chi connectivity index (χ3v) is 4.77. The number of nitrogens with one attached hydrogen (secondary N) is 1. The number of carbonyl (C=O) groups excluding carboxylic acids is 1. The van der Waals surface area contributed by atoms with E-state index in [2.05, 4.69) is 9.97 Å². The molecule has 1 N–H and O–H groups in total. The van der Waals surface area contributed by atoms with Crippen LogP contribution in [0.15, 0.2) is 9.59 Å². The molecule has 0 unspecified atom stereocenters. The van der Waals surface area contributed by atoms with Gasteiger partial charge in [0.1, 0.15) is 12.4 Å². The number of esters is 1. The first-order valence-electron chi connectivity index (χ1n) is 8.86. The number of hydrogen-bond acceptors (Lipinski definition) is 5. The molecule has 2 aromatic rings. The van der Waals surface area contributed by atoms with E-state index >= 15 is 0 Å². The van der Waals surface area contributed by atoms with Gasteiger partial charge in [0, 0.05) is 13.1 Å². The van der Waals surface area contributed by atoms with Gasteiger partial charge in [-0.1, -0.05) is 20.3 Å². The maximum absolute atomic E-state index is 12.3. The number of nitrogens with zero attached hydrogens (tertiary/aromatic N) is 3. The average Bonchev–Trinajstić information content (AvgIpc) is 3.19. The number of H-pyrrole nitrogens is 1. The van der Waals surface area contributed by atoms with Crippen LogP contribution >= 0.6 is 0 Å². The molecule has 0 aromatic carbocycles. The third kappa shape index (κ3) is 3.25. The van der Waals surface area contributed by atoms with Crippen LogP contribution in [0.2, 0.25) is 0 Å². The number of unbranched alkanes of at least 4 members (excludes halogenated alkanes) is 1. The summed E-state index contributed by atoms with van der Waals surface area (Å²) in [7, 11) is 0. The largest absolute Gasteiger partial charge is 0.457 e. The van der Waals surface area contributed by atoms with Crippen molar-refractivity contribution in [2.24, 2.45) is 11.8 Å². The zero-order chi connectivity index (χ0) is 18.1. The monoisotopic (exact) mass is 348 g/mol. The molecule has 0 amide bonds. The Labute approximate surface area is 144 Å². The lowest BCUT2D eigenvalue weighted by atomic mass is 10.3. The molecule has 2 aromatic heterocycles. The lowest BCUT2D eigenvalue weighted by Crippen LogP contribution is -2.31. The van der Waals surface area contributed by atoms with E-state index in [4.69, 9.17) is 4.74 Å². The van der Waals surface area contributed by atoms with Gasteiger partial charge in [-0.05, 0) is 25.7 Å². The summed E-state index contributed by atoms with van der Waals surface area (Å²) in [6, 6.07) is 0. The van der Waals surface area contributed by atoms with Gasteiger partial charge < -0.3 is 9.30 Å². The fourth-order valence-electron chi connectivity index (χ4n) is 3.09. The molecule has 25 heavy (non-hydrogen) atoms. The molecule has 2 atom stereocenters. The lowest BCUT2D eigenvalue weighted by molar-refractivity contribution is -0.147. The van der Waals surface area contributed by atoms with E-state index in [0.29, 0.717) is 36.0 Å². The predicted octanol–water partition coefficient (Wildman–Crippen LogP) is 1.41. The molecule has 0 aliphatic heterocycles. The number of aromatic nitrogens is 4. The summed E-state index contributed by atoms with van der Waals surface area (Å²) in [6.45, 7) is 6.92. The molecule has 136 valence electrons. The predicted molar refractivity (Wildman–Crippen MR) is 92.3 cm³/mol. The maximum Gasteiger partial charge on any atom is 0.330 e. The summed E-state index contributed by atoms with van der Waals surface area (Å²) in [6.07, 6.45) is 2.59. The van der Waals surface area contributed by atoms with Gasteiger partial charge in [0.25, 0.3) is 5.56 Å². The molecule has 2 heterocycles. The van der Waals surface area contributed by atoms with Crippen LogP contribution in [0.1, 0.15) is 45.9 Å². The summed E-state index contributed by atoms with van der Waals surface area (Å²) in [5.41, 5.74) is -0.212. The normalized spacial score (nSPS) is 19.3. The van der Waals surface area contributed by atoms with Gasteiger partial charge in [0.15, 0.2) is 11.2 Å². The van der Waals surface area contributed by atoms with E-state index in [1.807, 2.05) is 20.8 Å². The minimum atomic E-state index is -0.463. The van der Waals surface area contributed by atoms with E-state index in [1.165, 1.54) is 4.57 Å². The minimum absolute atomic E-state index is 0.00593. The van der Waals surface area contributed by atoms with Crippen LogP contribution in [0.5, 0.6) is 0 Å². The molecule has 8 heteroatoms. The zero-order valence-electron chi connectivity index (χ0n) is 14.9. The van der Waals surface area contributed by atoms with Gasteiger partial charge in [-0.2, -0.15) is 0 Å². The molecular formula is C17H24N4O4. The standard InChI is InChI=1S/C17H24N4O4/c1-4-6-7-21-14-13(15(22)19-17(21)24)20(5-2)12(18-14)9-25-16(23)11-8-10(11)3/h10-11H,4-9H2,1-3H3,(H,19,22,24)/t10-,11+/m0/s1. The Morgan fingerprint density at radius 3 is 2.64 bits per heavy atom. The van der Waals surface area contributed by atoms with Gasteiger partial charge >= 0.3 is 11.7 Å². The second kappa shape index (κ2) is 6.85. The van der Waals surface area contributed by atoms with Crippen molar-refractivity contribution in [1.82, 2.24) is 19.1 Å². The molecule has 0 radical (unpaired) electrons. The van der Waals surface area contributed by atoms with Crippen molar-refractivity contribution in [1.29, 1.82) is 0 Å². The number of aryl methyl sites for hydroxylation is 2. The first-order chi connectivity index (χ1) is 12.0. The summed E-state index contributed by atoms with van der Waals surface area (Å²) in [4.78, 5) is 43.2. The lowest BCUT2D eigenvalue weighted by Gasteiger charge is -2.07. The molecule has 0 spiro atoms. The Hall–Kier alpha value is -2.38. The highest BCUT2D eigenvalue weighted by Crippen LogP contribution is 2.38.